The first kappa shape index (κ1) is 107. The summed E-state index contributed by atoms with van der Waals surface area (Å²) in [6.07, 6.45) is -19.4. The van der Waals surface area contributed by atoms with Gasteiger partial charge in [-0.3, -0.25) is 14.4 Å². The van der Waals surface area contributed by atoms with Gasteiger partial charge in [0.25, 0.3) is 11.6 Å². The highest BCUT2D eigenvalue weighted by Gasteiger charge is 2.63. The van der Waals surface area contributed by atoms with E-state index < -0.39 is 182 Å². The summed E-state index contributed by atoms with van der Waals surface area (Å²) < 4.78 is 147. The van der Waals surface area contributed by atoms with Gasteiger partial charge < -0.3 is 119 Å². The van der Waals surface area contributed by atoms with Crippen molar-refractivity contribution >= 4 is 29.8 Å². The van der Waals surface area contributed by atoms with Crippen molar-refractivity contribution < 1.29 is 143 Å². The van der Waals surface area contributed by atoms with Gasteiger partial charge in [-0.15, -0.1) is 0 Å². The molecule has 27 atom stereocenters. The Hall–Kier alpha value is -10.3. The average molecular weight is 1910 g/mol. The Morgan fingerprint density at radius 3 is 1.07 bits per heavy atom. The van der Waals surface area contributed by atoms with Crippen LogP contribution in [0.5, 0.6) is 23.0 Å². The van der Waals surface area contributed by atoms with Crippen molar-refractivity contribution in [3.05, 3.63) is 264 Å². The summed E-state index contributed by atoms with van der Waals surface area (Å²) in [6.45, 7) is 20.2. The van der Waals surface area contributed by atoms with Gasteiger partial charge in [-0.1, -0.05) is 237 Å². The van der Waals surface area contributed by atoms with Crippen LogP contribution in [-0.2, 0) is 154 Å². The molecule has 748 valence electrons. The van der Waals surface area contributed by atoms with E-state index in [0.717, 1.165) is 33.4 Å². The third-order valence-electron chi connectivity index (χ3n) is 26.0. The summed E-state index contributed by atoms with van der Waals surface area (Å²) in [5.74, 6) is -7.68. The number of aliphatic hydroxyl groups excluding tert-OH is 2. The van der Waals surface area contributed by atoms with Gasteiger partial charge in [-0.25, -0.2) is 9.59 Å². The first-order valence-corrected chi connectivity index (χ1v) is 47.5. The molecule has 0 spiro atoms. The molecule has 0 saturated carbocycles. The number of aliphatic hydroxyl groups is 2. The van der Waals surface area contributed by atoms with Gasteiger partial charge in [0.15, 0.2) is 6.29 Å². The molecular formula is C108H136O30. The third-order valence-corrected chi connectivity index (χ3v) is 26.0. The molecule has 0 radical (unpaired) electrons. The largest absolute Gasteiger partial charge is 0.497 e. The van der Waals surface area contributed by atoms with E-state index in [1.807, 2.05) is 262 Å². The van der Waals surface area contributed by atoms with E-state index in [-0.39, 0.29) is 84.1 Å². The quantitative estimate of drug-likeness (QED) is 0.0265. The predicted molar refractivity (Wildman–Crippen MR) is 504 cm³/mol. The fourth-order valence-corrected chi connectivity index (χ4v) is 18.4. The summed E-state index contributed by atoms with van der Waals surface area (Å²) in [6, 6.07) is 71.8. The zero-order valence-corrected chi connectivity index (χ0v) is 81.4. The predicted octanol–water partition coefficient (Wildman–Crippen LogP) is 15.4. The molecule has 0 aliphatic carbocycles. The molecule has 8 aromatic rings. The van der Waals surface area contributed by atoms with Crippen LogP contribution in [0.2, 0.25) is 0 Å². The van der Waals surface area contributed by atoms with Crippen LogP contribution in [0.4, 0.5) is 0 Å². The molecule has 138 heavy (non-hydrogen) atoms. The first-order chi connectivity index (χ1) is 66.7. The number of rotatable bonds is 44. The van der Waals surface area contributed by atoms with Crippen LogP contribution in [0.3, 0.4) is 0 Å². The second-order valence-corrected chi connectivity index (χ2v) is 35.8. The molecule has 5 saturated heterocycles. The Labute approximate surface area is 809 Å². The van der Waals surface area contributed by atoms with Crippen molar-refractivity contribution in [3.8, 4) is 23.0 Å². The van der Waals surface area contributed by atoms with Gasteiger partial charge in [-0.2, -0.15) is 0 Å². The van der Waals surface area contributed by atoms with E-state index in [0.29, 0.717) is 35.8 Å². The van der Waals surface area contributed by atoms with Crippen LogP contribution in [0, 0.1) is 35.5 Å². The number of hydrogen-bond acceptors (Lipinski definition) is 30. The fourth-order valence-electron chi connectivity index (χ4n) is 18.4. The topological polar surface area (TPSA) is 338 Å². The van der Waals surface area contributed by atoms with Crippen LogP contribution < -0.4 is 18.9 Å². The minimum absolute atomic E-state index is 0.0249. The Kier molecular flexibility index (Phi) is 40.3. The molecular weight excluding hydrogens is 1780 g/mol. The highest BCUT2D eigenvalue weighted by Crippen LogP contribution is 2.48. The number of carbonyl (C=O) groups is 5. The van der Waals surface area contributed by atoms with Crippen molar-refractivity contribution in [2.45, 2.75) is 270 Å². The maximum Gasteiger partial charge on any atom is 0.366 e. The molecule has 5 fully saturated rings. The minimum atomic E-state index is -2.27. The number of benzene rings is 8. The van der Waals surface area contributed by atoms with Crippen LogP contribution in [0.1, 0.15) is 135 Å². The normalized spacial score (nSPS) is 28.9. The molecule has 2 N–H and O–H groups in total. The highest BCUT2D eigenvalue weighted by molar-refractivity contribution is 5.79. The van der Waals surface area contributed by atoms with Crippen molar-refractivity contribution in [1.82, 2.24) is 0 Å². The molecule has 9 unspecified atom stereocenters. The average Bonchev–Trinajstić information content (AvgIpc) is 0.748. The molecule has 0 aromatic heterocycles. The van der Waals surface area contributed by atoms with Gasteiger partial charge in [0.2, 0.25) is 12.6 Å². The molecule has 30 nitrogen and oxygen atoms in total. The standard InChI is InChI=1S/C64H80O16.C44H56O14/c1-9-52(74-45(6)65)43(4)56-42(3)41(2)34-64(79-56,63(67)69-8)80-59-55(66)53(39-70-35-46-22-14-10-15-23-46)76-62(60(59)73-38-49-28-20-13-21-29-49)78-57-44(5)58(72-37-48-26-18-12-19-27-48)61(75-51-32-30-50(68-7)31-33-51)77-54(57)40-71-36-47-24-16-11-17-25-47;1-8-35(53-29(4)45)27(2)39-28(3)36(54-30(5)46)23-44(57-39,43(48)50-7)58-40-38(47)37(26-51-24-31-15-11-9-12-16-31)56-42(55-34-21-19-33(49-6)20-22-34)41(40)52-25-32-17-13-10-14-18-32/h10-33,41-44,52-62,66H,9,34-40H2,1-8H3;9-22,27-28,35-42,47H,8,23-26H2,1-7H3/t41?,42-,43-,44?,52-,53?,54?,55+,56-,57+,58?,59+,60?,61-,62+,64+;27-,28-,35-,36?,37?,38+,39+,40+,41?,42-,44+/m11/s1. The van der Waals surface area contributed by atoms with Crippen LogP contribution in [-0.4, -0.2) is 216 Å². The first-order valence-electron chi connectivity index (χ1n) is 47.5. The lowest BCUT2D eigenvalue weighted by Gasteiger charge is -2.52. The smallest absolute Gasteiger partial charge is 0.366 e. The number of methoxy groups -OCH3 is 4. The second kappa shape index (κ2) is 52.3. The molecule has 0 amide bonds. The van der Waals surface area contributed by atoms with Gasteiger partial charge in [0.1, 0.15) is 102 Å². The van der Waals surface area contributed by atoms with Crippen LogP contribution in [0.15, 0.2) is 231 Å². The van der Waals surface area contributed by atoms with E-state index in [1.54, 1.807) is 38.5 Å². The zero-order chi connectivity index (χ0) is 98.4. The number of esters is 5. The Balaban J connectivity index is 0.000000261. The monoisotopic (exact) mass is 1910 g/mol. The fraction of sp³-hybridized carbons (Fsp3) is 0.509. The maximum atomic E-state index is 14.7. The van der Waals surface area contributed by atoms with Gasteiger partial charge >= 0.3 is 29.8 Å². The lowest BCUT2D eigenvalue weighted by molar-refractivity contribution is -0.388. The summed E-state index contributed by atoms with van der Waals surface area (Å²) in [5.41, 5.74) is 5.32. The summed E-state index contributed by atoms with van der Waals surface area (Å²) in [7, 11) is 5.61. The van der Waals surface area contributed by atoms with Crippen molar-refractivity contribution in [1.29, 1.82) is 0 Å². The Morgan fingerprint density at radius 1 is 0.377 bits per heavy atom. The molecule has 5 heterocycles. The van der Waals surface area contributed by atoms with E-state index in [4.69, 9.17) is 109 Å². The molecule has 30 heteroatoms. The summed E-state index contributed by atoms with van der Waals surface area (Å²) in [4.78, 5) is 65.9. The Bertz CT molecular complexity index is 4960. The van der Waals surface area contributed by atoms with Gasteiger partial charge in [0, 0.05) is 50.9 Å². The van der Waals surface area contributed by atoms with E-state index in [2.05, 4.69) is 0 Å². The second-order valence-electron chi connectivity index (χ2n) is 35.8. The van der Waals surface area contributed by atoms with Gasteiger partial charge in [-0.05, 0) is 107 Å². The molecule has 8 aromatic carbocycles. The van der Waals surface area contributed by atoms with Crippen molar-refractivity contribution in [2.24, 2.45) is 35.5 Å². The number of hydrogen-bond donors (Lipinski definition) is 2. The van der Waals surface area contributed by atoms with Crippen molar-refractivity contribution in [2.75, 3.05) is 48.3 Å². The maximum absolute atomic E-state index is 14.7. The number of ether oxygens (including phenoxy) is 23. The molecule has 0 bridgehead atoms. The minimum Gasteiger partial charge on any atom is -0.497 e. The molecule has 13 rings (SSSR count). The third kappa shape index (κ3) is 28.7. The summed E-state index contributed by atoms with van der Waals surface area (Å²) >= 11 is 0. The highest BCUT2D eigenvalue weighted by atomic mass is 16.8. The summed E-state index contributed by atoms with van der Waals surface area (Å²) in [5, 5.41) is 25.1. The van der Waals surface area contributed by atoms with Crippen molar-refractivity contribution in [3.63, 3.8) is 0 Å². The van der Waals surface area contributed by atoms with E-state index >= 15 is 0 Å². The number of carbonyl (C=O) groups excluding carboxylic acids is 5. The lowest BCUT2D eigenvalue weighted by Crippen LogP contribution is -2.67. The van der Waals surface area contributed by atoms with E-state index in [1.165, 1.54) is 35.0 Å². The SMILES string of the molecule is CC[C@@H](OC(C)=O)[C@@H](C)[C@@H]1O[C@@](O[C@@H]2C(OCc3ccccc3)[C@H](O[C@@H]3C(COCc4ccccc4)O[C@@H](Oc4ccc(OC)cc4)C(OCc4ccccc4)C3C)OC(COCc3ccccc3)[C@@H]2O)(C(=O)OC)CC(C)[C@H]1C.CC[C@@H](OC(C)=O)[C@@H](C)[C@@H]1O[C@@](O[C@@H]2C(OCc3ccccc3)[C@H](Oc3ccc(OC)cc3)OC(COCc3ccccc3)[C@@H]2O)(C(=O)OC)CC(OC(C)=O)[C@H]1C. The van der Waals surface area contributed by atoms with Gasteiger partial charge in [0.05, 0.1) is 113 Å². The van der Waals surface area contributed by atoms with Crippen LogP contribution >= 0.6 is 0 Å². The lowest BCUT2D eigenvalue weighted by atomic mass is 9.76. The Morgan fingerprint density at radius 2 is 0.703 bits per heavy atom. The zero-order valence-electron chi connectivity index (χ0n) is 81.4. The van der Waals surface area contributed by atoms with E-state index in [9.17, 15) is 34.2 Å². The molecule has 5 aliphatic rings. The van der Waals surface area contributed by atoms with Crippen LogP contribution in [0.25, 0.3) is 0 Å². The molecule has 5 aliphatic heterocycles.